The first-order valence-corrected chi connectivity index (χ1v) is 13.8. The molecule has 2 aromatic carbocycles. The number of fused-ring (bicyclic) bond motifs is 1. The standard InChI is InChI=1S/C28H30N6O5S/c1-17-7-2-3-8-18(17)21-16-40-28(33-21)31-15-24(37)30-14-5-4-13-29-22(35)11-12-23(36)32-20-10-6-9-19-25(20)27(39)34-26(19)38/h2-3,6-10,16H,4-5,11-15H2,1H3,(H,29,35)(H,30,37)(H,31,33)(H,32,36)(H,34,38,39). The Morgan fingerprint density at radius 2 is 1.55 bits per heavy atom. The molecule has 4 rings (SSSR count). The Labute approximate surface area is 235 Å². The van der Waals surface area contributed by atoms with Gasteiger partial charge in [0.1, 0.15) is 0 Å². The van der Waals surface area contributed by atoms with Gasteiger partial charge in [0.15, 0.2) is 5.13 Å². The van der Waals surface area contributed by atoms with E-state index in [1.54, 1.807) is 6.07 Å². The molecule has 0 fully saturated rings. The molecule has 5 amide bonds. The number of carbonyl (C=O) groups excluding carboxylic acids is 5. The number of anilines is 2. The van der Waals surface area contributed by atoms with Crippen molar-refractivity contribution in [2.45, 2.75) is 32.6 Å². The van der Waals surface area contributed by atoms with E-state index in [4.69, 9.17) is 0 Å². The molecule has 1 aliphatic heterocycles. The zero-order chi connectivity index (χ0) is 28.5. The van der Waals surface area contributed by atoms with Crippen LogP contribution in [0.1, 0.15) is 52.0 Å². The molecular weight excluding hydrogens is 532 g/mol. The van der Waals surface area contributed by atoms with Crippen LogP contribution in [-0.2, 0) is 14.4 Å². The smallest absolute Gasteiger partial charge is 0.261 e. The fourth-order valence-corrected chi connectivity index (χ4v) is 4.82. The third kappa shape index (κ3) is 7.50. The van der Waals surface area contributed by atoms with Crippen molar-refractivity contribution in [3.63, 3.8) is 0 Å². The van der Waals surface area contributed by atoms with Gasteiger partial charge in [0.2, 0.25) is 17.7 Å². The molecule has 2 heterocycles. The van der Waals surface area contributed by atoms with Gasteiger partial charge in [-0.1, -0.05) is 30.3 Å². The Hall–Kier alpha value is -4.58. The summed E-state index contributed by atoms with van der Waals surface area (Å²) in [5.41, 5.74) is 3.65. The minimum Gasteiger partial charge on any atom is -0.356 e. The lowest BCUT2D eigenvalue weighted by Gasteiger charge is -2.09. The monoisotopic (exact) mass is 562 g/mol. The zero-order valence-corrected chi connectivity index (χ0v) is 22.8. The highest BCUT2D eigenvalue weighted by molar-refractivity contribution is 7.14. The lowest BCUT2D eigenvalue weighted by molar-refractivity contribution is -0.124. The fraction of sp³-hybridized carbons (Fsp3) is 0.286. The van der Waals surface area contributed by atoms with Crippen molar-refractivity contribution in [2.24, 2.45) is 0 Å². The molecule has 3 aromatic rings. The van der Waals surface area contributed by atoms with Gasteiger partial charge in [-0.05, 0) is 37.5 Å². The molecule has 0 aliphatic carbocycles. The highest BCUT2D eigenvalue weighted by atomic mass is 32.1. The second-order valence-corrected chi connectivity index (χ2v) is 10.0. The molecular formula is C28H30N6O5S. The molecule has 0 spiro atoms. The quantitative estimate of drug-likeness (QED) is 0.158. The number of hydrogen-bond acceptors (Lipinski definition) is 8. The van der Waals surface area contributed by atoms with Crippen LogP contribution >= 0.6 is 11.3 Å². The van der Waals surface area contributed by atoms with Gasteiger partial charge < -0.3 is 21.3 Å². The largest absolute Gasteiger partial charge is 0.356 e. The van der Waals surface area contributed by atoms with Gasteiger partial charge in [0.25, 0.3) is 11.8 Å². The van der Waals surface area contributed by atoms with Crippen molar-refractivity contribution >= 4 is 51.7 Å². The highest BCUT2D eigenvalue weighted by Gasteiger charge is 2.29. The Morgan fingerprint density at radius 1 is 0.850 bits per heavy atom. The number of aromatic nitrogens is 1. The number of aryl methyl sites for hydroxylation is 1. The molecule has 0 saturated heterocycles. The van der Waals surface area contributed by atoms with Crippen LogP contribution in [0.25, 0.3) is 11.3 Å². The van der Waals surface area contributed by atoms with Crippen molar-refractivity contribution in [2.75, 3.05) is 30.3 Å². The van der Waals surface area contributed by atoms with Crippen molar-refractivity contribution < 1.29 is 24.0 Å². The van der Waals surface area contributed by atoms with Gasteiger partial charge in [0.05, 0.1) is 29.1 Å². The minimum absolute atomic E-state index is 0.0172. The topological polar surface area (TPSA) is 158 Å². The van der Waals surface area contributed by atoms with E-state index in [9.17, 15) is 24.0 Å². The van der Waals surface area contributed by atoms with E-state index in [-0.39, 0.29) is 48.0 Å². The van der Waals surface area contributed by atoms with Crippen LogP contribution in [0, 0.1) is 6.92 Å². The molecule has 0 atom stereocenters. The summed E-state index contributed by atoms with van der Waals surface area (Å²) in [5.74, 6) is -1.92. The third-order valence-corrected chi connectivity index (χ3v) is 6.99. The van der Waals surface area contributed by atoms with Crippen LogP contribution in [0.5, 0.6) is 0 Å². The number of amides is 5. The van der Waals surface area contributed by atoms with Crippen LogP contribution in [-0.4, -0.2) is 54.2 Å². The van der Waals surface area contributed by atoms with Crippen molar-refractivity contribution in [1.82, 2.24) is 20.9 Å². The first kappa shape index (κ1) is 28.4. The van der Waals surface area contributed by atoms with Crippen LogP contribution < -0.4 is 26.6 Å². The summed E-state index contributed by atoms with van der Waals surface area (Å²) < 4.78 is 0. The lowest BCUT2D eigenvalue weighted by atomic mass is 10.1. The van der Waals surface area contributed by atoms with E-state index in [1.807, 2.05) is 36.6 Å². The average Bonchev–Trinajstić information content (AvgIpc) is 3.52. The fourth-order valence-electron chi connectivity index (χ4n) is 4.11. The number of thiazole rings is 1. The first-order valence-electron chi connectivity index (χ1n) is 12.9. The Balaban J connectivity index is 1.05. The number of rotatable bonds is 13. The summed E-state index contributed by atoms with van der Waals surface area (Å²) in [6.45, 7) is 3.05. The van der Waals surface area contributed by atoms with Gasteiger partial charge in [-0.3, -0.25) is 29.3 Å². The maximum Gasteiger partial charge on any atom is 0.261 e. The molecule has 12 heteroatoms. The number of nitrogens with one attached hydrogen (secondary N) is 5. The zero-order valence-electron chi connectivity index (χ0n) is 22.0. The number of carbonyl (C=O) groups is 5. The predicted molar refractivity (Wildman–Crippen MR) is 152 cm³/mol. The molecule has 0 radical (unpaired) electrons. The molecule has 11 nitrogen and oxygen atoms in total. The van der Waals surface area contributed by atoms with Crippen molar-refractivity contribution in [1.29, 1.82) is 0 Å². The van der Waals surface area contributed by atoms with Crippen LogP contribution in [0.15, 0.2) is 47.8 Å². The van der Waals surface area contributed by atoms with Crippen LogP contribution in [0.2, 0.25) is 0 Å². The maximum absolute atomic E-state index is 12.3. The van der Waals surface area contributed by atoms with Gasteiger partial charge >= 0.3 is 0 Å². The molecule has 1 aromatic heterocycles. The maximum atomic E-state index is 12.3. The van der Waals surface area contributed by atoms with E-state index in [0.29, 0.717) is 31.1 Å². The first-order chi connectivity index (χ1) is 19.3. The Morgan fingerprint density at radius 3 is 2.33 bits per heavy atom. The second kappa shape index (κ2) is 13.5. The van der Waals surface area contributed by atoms with Crippen LogP contribution in [0.4, 0.5) is 10.8 Å². The summed E-state index contributed by atoms with van der Waals surface area (Å²) in [7, 11) is 0. The van der Waals surface area contributed by atoms with E-state index >= 15 is 0 Å². The number of benzene rings is 2. The summed E-state index contributed by atoms with van der Waals surface area (Å²) in [6, 6.07) is 12.6. The minimum atomic E-state index is -0.562. The SMILES string of the molecule is Cc1ccccc1-c1csc(NCC(=O)NCCCCNC(=O)CCC(=O)Nc2cccc3c2C(=O)NC3=O)n1. The van der Waals surface area contributed by atoms with Gasteiger partial charge in [-0.15, -0.1) is 11.3 Å². The molecule has 0 unspecified atom stereocenters. The number of hydrogen-bond donors (Lipinski definition) is 5. The van der Waals surface area contributed by atoms with E-state index in [1.165, 1.54) is 23.5 Å². The second-order valence-electron chi connectivity index (χ2n) is 9.17. The van der Waals surface area contributed by atoms with Gasteiger partial charge in [-0.2, -0.15) is 0 Å². The van der Waals surface area contributed by atoms with Gasteiger partial charge in [0, 0.05) is 36.9 Å². The lowest BCUT2D eigenvalue weighted by Crippen LogP contribution is -2.31. The molecule has 5 N–H and O–H groups in total. The Kier molecular flexibility index (Phi) is 9.57. The van der Waals surface area contributed by atoms with Crippen molar-refractivity contribution in [3.05, 3.63) is 64.5 Å². The molecule has 208 valence electrons. The Bertz CT molecular complexity index is 1440. The van der Waals surface area contributed by atoms with Crippen LogP contribution in [0.3, 0.4) is 0 Å². The highest BCUT2D eigenvalue weighted by Crippen LogP contribution is 2.27. The van der Waals surface area contributed by atoms with Crippen molar-refractivity contribution in [3.8, 4) is 11.3 Å². The summed E-state index contributed by atoms with van der Waals surface area (Å²) in [4.78, 5) is 64.7. The third-order valence-electron chi connectivity index (χ3n) is 6.19. The predicted octanol–water partition coefficient (Wildman–Crippen LogP) is 2.85. The molecule has 1 aliphatic rings. The number of unbranched alkanes of at least 4 members (excludes halogenated alkanes) is 1. The summed E-state index contributed by atoms with van der Waals surface area (Å²) in [6.07, 6.45) is 1.26. The van der Waals surface area contributed by atoms with E-state index in [2.05, 4.69) is 31.6 Å². The summed E-state index contributed by atoms with van der Waals surface area (Å²) in [5, 5.41) is 16.1. The average molecular weight is 563 g/mol. The number of nitrogens with zero attached hydrogens (tertiary/aromatic N) is 1. The van der Waals surface area contributed by atoms with E-state index < -0.39 is 17.7 Å². The van der Waals surface area contributed by atoms with Gasteiger partial charge in [-0.25, -0.2) is 4.98 Å². The number of imide groups is 1. The molecule has 0 saturated carbocycles. The molecule has 0 bridgehead atoms. The normalized spacial score (nSPS) is 11.9. The summed E-state index contributed by atoms with van der Waals surface area (Å²) >= 11 is 1.45. The van der Waals surface area contributed by atoms with E-state index in [0.717, 1.165) is 16.8 Å². The molecule has 40 heavy (non-hydrogen) atoms.